The Morgan fingerprint density at radius 1 is 1.11 bits per heavy atom. The third-order valence-corrected chi connectivity index (χ3v) is 5.75. The molecule has 0 bridgehead atoms. The fraction of sp³-hybridized carbons (Fsp3) is 0.941. The highest BCUT2D eigenvalue weighted by Crippen LogP contribution is 2.49. The molecule has 0 heterocycles. The van der Waals surface area contributed by atoms with Gasteiger partial charge in [-0.1, -0.05) is 58.3 Å². The van der Waals surface area contributed by atoms with Crippen LogP contribution in [0.4, 0.5) is 0 Å². The minimum absolute atomic E-state index is 0.399. The van der Waals surface area contributed by atoms with E-state index in [9.17, 15) is 9.90 Å². The summed E-state index contributed by atoms with van der Waals surface area (Å²) in [5.41, 5.74) is -0.464. The molecule has 2 saturated carbocycles. The van der Waals surface area contributed by atoms with Gasteiger partial charge in [-0.3, -0.25) is 0 Å². The molecule has 0 spiro atoms. The molecular formula is C17H29O2-. The lowest BCUT2D eigenvalue weighted by atomic mass is 9.60. The van der Waals surface area contributed by atoms with E-state index in [2.05, 4.69) is 6.92 Å². The monoisotopic (exact) mass is 265 g/mol. The van der Waals surface area contributed by atoms with Crippen LogP contribution in [0.5, 0.6) is 0 Å². The first-order chi connectivity index (χ1) is 9.19. The minimum Gasteiger partial charge on any atom is -0.550 e. The standard InChI is InChI=1S/C17H30O2/c1-2-3-7-14-8-10-15(11-9-14)17(16(18)19)12-5-4-6-13-17/h14-15H,2-13H2,1H3,(H,18,19)/p-1. The van der Waals surface area contributed by atoms with E-state index in [1.54, 1.807) is 0 Å². The third-order valence-electron chi connectivity index (χ3n) is 5.75. The maximum atomic E-state index is 11.7. The van der Waals surface area contributed by atoms with Gasteiger partial charge in [0, 0.05) is 11.4 Å². The molecule has 0 N–H and O–H groups in total. The number of carbonyl (C=O) groups excluding carboxylic acids is 1. The van der Waals surface area contributed by atoms with E-state index in [0.29, 0.717) is 5.92 Å². The zero-order chi connectivity index (χ0) is 13.7. The maximum absolute atomic E-state index is 11.7. The van der Waals surface area contributed by atoms with E-state index >= 15 is 0 Å². The molecule has 0 aromatic rings. The van der Waals surface area contributed by atoms with Gasteiger partial charge >= 0.3 is 0 Å². The molecule has 110 valence electrons. The van der Waals surface area contributed by atoms with Crippen molar-refractivity contribution in [3.8, 4) is 0 Å². The van der Waals surface area contributed by atoms with Gasteiger partial charge < -0.3 is 9.90 Å². The fourth-order valence-electron chi connectivity index (χ4n) is 4.46. The van der Waals surface area contributed by atoms with Crippen LogP contribution in [0.2, 0.25) is 0 Å². The topological polar surface area (TPSA) is 40.1 Å². The van der Waals surface area contributed by atoms with E-state index in [4.69, 9.17) is 0 Å². The zero-order valence-corrected chi connectivity index (χ0v) is 12.5. The van der Waals surface area contributed by atoms with Crippen LogP contribution >= 0.6 is 0 Å². The lowest BCUT2D eigenvalue weighted by Crippen LogP contribution is -2.49. The highest BCUT2D eigenvalue weighted by molar-refractivity contribution is 5.73. The Labute approximate surface area is 118 Å². The van der Waals surface area contributed by atoms with Gasteiger partial charge in [-0.15, -0.1) is 0 Å². The summed E-state index contributed by atoms with van der Waals surface area (Å²) in [5.74, 6) is 0.512. The number of unbranched alkanes of at least 4 members (excludes halogenated alkanes) is 1. The third kappa shape index (κ3) is 3.32. The van der Waals surface area contributed by atoms with E-state index < -0.39 is 11.4 Å². The average molecular weight is 265 g/mol. The Kier molecular flexibility index (Phi) is 5.29. The Balaban J connectivity index is 1.92. The lowest BCUT2D eigenvalue weighted by molar-refractivity contribution is -0.324. The van der Waals surface area contributed by atoms with Crippen molar-refractivity contribution >= 4 is 5.97 Å². The highest BCUT2D eigenvalue weighted by Gasteiger charge is 2.42. The first-order valence-corrected chi connectivity index (χ1v) is 8.40. The van der Waals surface area contributed by atoms with Crippen LogP contribution in [0.1, 0.15) is 84.0 Å². The largest absolute Gasteiger partial charge is 0.550 e. The molecule has 2 heteroatoms. The van der Waals surface area contributed by atoms with Gasteiger partial charge in [0.15, 0.2) is 0 Å². The molecule has 2 rings (SSSR count). The van der Waals surface area contributed by atoms with E-state index in [1.165, 1.54) is 38.5 Å². The molecule has 0 unspecified atom stereocenters. The Morgan fingerprint density at radius 3 is 2.26 bits per heavy atom. The van der Waals surface area contributed by atoms with Crippen molar-refractivity contribution < 1.29 is 9.90 Å². The summed E-state index contributed by atoms with van der Waals surface area (Å²) in [6.07, 6.45) is 13.9. The molecule has 2 aliphatic carbocycles. The summed E-state index contributed by atoms with van der Waals surface area (Å²) >= 11 is 0. The zero-order valence-electron chi connectivity index (χ0n) is 12.5. The van der Waals surface area contributed by atoms with Crippen molar-refractivity contribution in [3.05, 3.63) is 0 Å². The molecule has 2 nitrogen and oxygen atoms in total. The van der Waals surface area contributed by atoms with Crippen LogP contribution in [-0.2, 0) is 4.79 Å². The number of carboxylic acid groups (broad SMARTS) is 1. The van der Waals surface area contributed by atoms with Gasteiger partial charge in [-0.2, -0.15) is 0 Å². The Hall–Kier alpha value is -0.530. The molecule has 0 radical (unpaired) electrons. The van der Waals surface area contributed by atoms with Gasteiger partial charge in [0.1, 0.15) is 0 Å². The van der Waals surface area contributed by atoms with Gasteiger partial charge in [0.05, 0.1) is 0 Å². The first kappa shape index (κ1) is 14.9. The summed E-state index contributed by atoms with van der Waals surface area (Å²) in [7, 11) is 0. The summed E-state index contributed by atoms with van der Waals surface area (Å²) in [5, 5.41) is 11.7. The summed E-state index contributed by atoms with van der Waals surface area (Å²) < 4.78 is 0. The second kappa shape index (κ2) is 6.76. The van der Waals surface area contributed by atoms with Crippen molar-refractivity contribution in [1.82, 2.24) is 0 Å². The Bertz CT molecular complexity index is 284. The molecule has 19 heavy (non-hydrogen) atoms. The van der Waals surface area contributed by atoms with E-state index in [1.807, 2.05) is 0 Å². The van der Waals surface area contributed by atoms with Crippen LogP contribution in [0.3, 0.4) is 0 Å². The smallest absolute Gasteiger partial charge is 0.0479 e. The predicted molar refractivity (Wildman–Crippen MR) is 75.5 cm³/mol. The molecular weight excluding hydrogens is 236 g/mol. The second-order valence-corrected chi connectivity index (χ2v) is 6.86. The number of hydrogen-bond acceptors (Lipinski definition) is 2. The van der Waals surface area contributed by atoms with Gasteiger partial charge in [-0.25, -0.2) is 0 Å². The van der Waals surface area contributed by atoms with Crippen molar-refractivity contribution in [3.63, 3.8) is 0 Å². The molecule has 0 atom stereocenters. The van der Waals surface area contributed by atoms with Crippen molar-refractivity contribution in [1.29, 1.82) is 0 Å². The molecule has 0 saturated heterocycles. The lowest BCUT2D eigenvalue weighted by Gasteiger charge is -2.47. The molecule has 0 aromatic heterocycles. The molecule has 0 aromatic carbocycles. The summed E-state index contributed by atoms with van der Waals surface area (Å²) in [4.78, 5) is 11.7. The number of rotatable bonds is 5. The number of aliphatic carboxylic acids is 1. The molecule has 0 aliphatic heterocycles. The molecule has 2 fully saturated rings. The predicted octanol–water partition coefficient (Wildman–Crippen LogP) is 3.68. The quantitative estimate of drug-likeness (QED) is 0.760. The van der Waals surface area contributed by atoms with Crippen molar-refractivity contribution in [2.45, 2.75) is 84.0 Å². The van der Waals surface area contributed by atoms with Crippen LogP contribution in [0, 0.1) is 17.3 Å². The number of carbonyl (C=O) groups is 1. The van der Waals surface area contributed by atoms with Gasteiger partial charge in [0.2, 0.25) is 0 Å². The van der Waals surface area contributed by atoms with E-state index in [0.717, 1.165) is 44.4 Å². The summed E-state index contributed by atoms with van der Waals surface area (Å²) in [6.45, 7) is 2.25. The normalized spacial score (nSPS) is 31.0. The van der Waals surface area contributed by atoms with Crippen LogP contribution in [0.25, 0.3) is 0 Å². The highest BCUT2D eigenvalue weighted by atomic mass is 16.4. The molecule has 0 amide bonds. The van der Waals surface area contributed by atoms with Crippen LogP contribution in [0.15, 0.2) is 0 Å². The average Bonchev–Trinajstić information content (AvgIpc) is 2.46. The SMILES string of the molecule is CCCCC1CCC(C2(C(=O)[O-])CCCCC2)CC1. The van der Waals surface area contributed by atoms with Crippen LogP contribution < -0.4 is 5.11 Å². The van der Waals surface area contributed by atoms with Crippen molar-refractivity contribution in [2.75, 3.05) is 0 Å². The van der Waals surface area contributed by atoms with Gasteiger partial charge in [0.25, 0.3) is 0 Å². The van der Waals surface area contributed by atoms with Gasteiger partial charge in [-0.05, 0) is 37.5 Å². The first-order valence-electron chi connectivity index (χ1n) is 8.40. The molecule has 2 aliphatic rings. The summed E-state index contributed by atoms with van der Waals surface area (Å²) in [6, 6.07) is 0. The Morgan fingerprint density at radius 2 is 1.74 bits per heavy atom. The minimum atomic E-state index is -0.746. The fourth-order valence-corrected chi connectivity index (χ4v) is 4.46. The number of carboxylic acids is 1. The van der Waals surface area contributed by atoms with E-state index in [-0.39, 0.29) is 0 Å². The van der Waals surface area contributed by atoms with Crippen molar-refractivity contribution in [2.24, 2.45) is 17.3 Å². The van der Waals surface area contributed by atoms with Crippen LogP contribution in [-0.4, -0.2) is 5.97 Å². The maximum Gasteiger partial charge on any atom is 0.0479 e. The second-order valence-electron chi connectivity index (χ2n) is 6.86. The number of hydrogen-bond donors (Lipinski definition) is 0.